The molecule has 1 aliphatic heterocycles. The van der Waals surface area contributed by atoms with Crippen LogP contribution in [0.2, 0.25) is 0 Å². The van der Waals surface area contributed by atoms with Crippen LogP contribution in [-0.2, 0) is 4.74 Å². The Morgan fingerprint density at radius 1 is 1.11 bits per heavy atom. The van der Waals surface area contributed by atoms with Crippen molar-refractivity contribution in [1.82, 2.24) is 19.9 Å². The van der Waals surface area contributed by atoms with Gasteiger partial charge in [0.25, 0.3) is 5.69 Å². The second-order valence-electron chi connectivity index (χ2n) is 9.92. The number of aromatic nitrogens is 3. The molecular formula is C27H28N6O5. The number of aromatic amines is 1. The molecule has 1 aliphatic carbocycles. The van der Waals surface area contributed by atoms with Crippen molar-refractivity contribution < 1.29 is 19.6 Å². The Labute approximate surface area is 218 Å². The maximum absolute atomic E-state index is 11.5. The molecule has 6 rings (SSSR count). The summed E-state index contributed by atoms with van der Waals surface area (Å²) in [5.74, 6) is -0.0133. The molecule has 4 aromatic rings. The van der Waals surface area contributed by atoms with Crippen LogP contribution in [0.3, 0.4) is 0 Å². The van der Waals surface area contributed by atoms with E-state index in [-0.39, 0.29) is 17.3 Å². The van der Waals surface area contributed by atoms with Crippen molar-refractivity contribution in [3.8, 4) is 11.4 Å². The Bertz CT molecular complexity index is 1520. The summed E-state index contributed by atoms with van der Waals surface area (Å²) < 4.78 is 5.51. The number of non-ortho nitro benzene ring substituents is 1. The lowest BCUT2D eigenvalue weighted by molar-refractivity contribution is -0.384. The first-order chi connectivity index (χ1) is 18.5. The monoisotopic (exact) mass is 516 g/mol. The van der Waals surface area contributed by atoms with E-state index in [4.69, 9.17) is 9.72 Å². The van der Waals surface area contributed by atoms with E-state index in [1.807, 2.05) is 0 Å². The summed E-state index contributed by atoms with van der Waals surface area (Å²) in [6.07, 6.45) is 4.15. The third-order valence-corrected chi connectivity index (χ3v) is 7.61. The number of hydrogen-bond donors (Lipinski definition) is 3. The molecule has 2 aromatic carbocycles. The Balaban J connectivity index is 1.37. The van der Waals surface area contributed by atoms with Crippen molar-refractivity contribution in [2.75, 3.05) is 31.6 Å². The summed E-state index contributed by atoms with van der Waals surface area (Å²) in [6, 6.07) is 12.0. The molecule has 1 saturated heterocycles. The highest BCUT2D eigenvalue weighted by molar-refractivity contribution is 6.12. The van der Waals surface area contributed by atoms with Gasteiger partial charge < -0.3 is 20.1 Å². The molecule has 38 heavy (non-hydrogen) atoms. The minimum Gasteiger partial charge on any atom is -0.478 e. The highest BCUT2D eigenvalue weighted by Crippen LogP contribution is 2.35. The van der Waals surface area contributed by atoms with Crippen LogP contribution in [0.5, 0.6) is 0 Å². The number of aromatic carboxylic acids is 1. The van der Waals surface area contributed by atoms with Crippen LogP contribution < -0.4 is 5.32 Å². The number of nitrogens with zero attached hydrogens (tertiary/aromatic N) is 4. The maximum atomic E-state index is 11.5. The van der Waals surface area contributed by atoms with E-state index >= 15 is 0 Å². The number of carboxylic acids is 1. The first kappa shape index (κ1) is 24.3. The number of nitrogens with one attached hydrogen (secondary N) is 2. The largest absolute Gasteiger partial charge is 0.478 e. The Kier molecular flexibility index (Phi) is 6.38. The summed E-state index contributed by atoms with van der Waals surface area (Å²) in [5, 5.41) is 26.1. The van der Waals surface area contributed by atoms with Gasteiger partial charge in [-0.3, -0.25) is 15.0 Å². The minimum atomic E-state index is -1.01. The number of anilines is 1. The van der Waals surface area contributed by atoms with Gasteiger partial charge in [-0.25, -0.2) is 14.8 Å². The van der Waals surface area contributed by atoms with Crippen LogP contribution in [0.15, 0.2) is 42.5 Å². The quantitative estimate of drug-likeness (QED) is 0.250. The van der Waals surface area contributed by atoms with Crippen LogP contribution >= 0.6 is 0 Å². The molecule has 3 heterocycles. The van der Waals surface area contributed by atoms with Crippen molar-refractivity contribution in [2.24, 2.45) is 0 Å². The van der Waals surface area contributed by atoms with Gasteiger partial charge in [-0.1, -0.05) is 18.2 Å². The topological polar surface area (TPSA) is 147 Å². The smallest absolute Gasteiger partial charge is 0.335 e. The lowest BCUT2D eigenvalue weighted by atomic mass is 9.90. The number of hydrogen-bond acceptors (Lipinski definition) is 8. The van der Waals surface area contributed by atoms with Gasteiger partial charge in [0.05, 0.1) is 29.1 Å². The van der Waals surface area contributed by atoms with Crippen LogP contribution in [-0.4, -0.2) is 74.2 Å². The number of rotatable bonds is 6. The maximum Gasteiger partial charge on any atom is 0.335 e. The molecule has 0 atom stereocenters. The van der Waals surface area contributed by atoms with Crippen molar-refractivity contribution in [1.29, 1.82) is 0 Å². The van der Waals surface area contributed by atoms with Crippen LogP contribution in [0, 0.1) is 10.1 Å². The molecular weight excluding hydrogens is 488 g/mol. The minimum absolute atomic E-state index is 0.0371. The molecule has 0 unspecified atom stereocenters. The SMILES string of the molecule is O=C(O)c1ccc2c(c1)[nH]c1nc(-c3cccc([N+](=O)[O-])c3)nc(N[C@H]3CC[C@H](N4CCOCC4)CC3)c12. The lowest BCUT2D eigenvalue weighted by Gasteiger charge is -2.39. The molecule has 196 valence electrons. The van der Waals surface area contributed by atoms with Crippen molar-refractivity contribution >= 4 is 39.4 Å². The van der Waals surface area contributed by atoms with E-state index in [0.717, 1.165) is 62.8 Å². The number of fused-ring (bicyclic) bond motifs is 3. The average Bonchev–Trinajstić information content (AvgIpc) is 3.32. The summed E-state index contributed by atoms with van der Waals surface area (Å²) in [7, 11) is 0. The Morgan fingerprint density at radius 2 is 1.89 bits per heavy atom. The van der Waals surface area contributed by atoms with Crippen LogP contribution in [0.25, 0.3) is 33.3 Å². The Morgan fingerprint density at radius 3 is 2.63 bits per heavy atom. The van der Waals surface area contributed by atoms with Gasteiger partial charge >= 0.3 is 5.97 Å². The van der Waals surface area contributed by atoms with Crippen molar-refractivity contribution in [3.63, 3.8) is 0 Å². The van der Waals surface area contributed by atoms with E-state index in [0.29, 0.717) is 34.4 Å². The number of carbonyl (C=O) groups is 1. The molecule has 1 saturated carbocycles. The highest BCUT2D eigenvalue weighted by atomic mass is 16.6. The van der Waals surface area contributed by atoms with E-state index < -0.39 is 10.9 Å². The summed E-state index contributed by atoms with van der Waals surface area (Å²) in [6.45, 7) is 3.55. The number of nitro groups is 1. The number of ether oxygens (including phenoxy) is 1. The van der Waals surface area contributed by atoms with Gasteiger partial charge in [-0.05, 0) is 37.8 Å². The zero-order valence-electron chi connectivity index (χ0n) is 20.7. The van der Waals surface area contributed by atoms with E-state index in [1.54, 1.807) is 30.3 Å². The van der Waals surface area contributed by atoms with Gasteiger partial charge in [0.2, 0.25) is 0 Å². The standard InChI is InChI=1S/C27H28N6O5/c34-27(35)17-4-9-21-22(15-17)29-26-23(21)25(30-24(31-26)16-2-1-3-20(14-16)33(36)37)28-18-5-7-19(8-6-18)32-10-12-38-13-11-32/h1-4,9,14-15,18-19H,5-8,10-13H2,(H,34,35)(H2,28,29,30,31)/t18-,19-. The number of H-pyrrole nitrogens is 1. The number of benzene rings is 2. The predicted molar refractivity (Wildman–Crippen MR) is 143 cm³/mol. The van der Waals surface area contributed by atoms with Crippen molar-refractivity contribution in [2.45, 2.75) is 37.8 Å². The highest BCUT2D eigenvalue weighted by Gasteiger charge is 2.28. The molecule has 0 bridgehead atoms. The fourth-order valence-electron chi connectivity index (χ4n) is 5.65. The zero-order chi connectivity index (χ0) is 26.2. The molecule has 2 fully saturated rings. The van der Waals surface area contributed by atoms with Gasteiger partial charge in [-0.15, -0.1) is 0 Å². The Hall–Kier alpha value is -4.09. The van der Waals surface area contributed by atoms with Gasteiger partial charge in [0.15, 0.2) is 5.82 Å². The third kappa shape index (κ3) is 4.66. The molecule has 3 N–H and O–H groups in total. The molecule has 0 radical (unpaired) electrons. The van der Waals surface area contributed by atoms with Gasteiger partial charge in [-0.2, -0.15) is 0 Å². The van der Waals surface area contributed by atoms with E-state index in [9.17, 15) is 20.0 Å². The third-order valence-electron chi connectivity index (χ3n) is 7.61. The summed E-state index contributed by atoms with van der Waals surface area (Å²) >= 11 is 0. The number of carboxylic acid groups (broad SMARTS) is 1. The van der Waals surface area contributed by atoms with Crippen LogP contribution in [0.1, 0.15) is 36.0 Å². The molecule has 2 aromatic heterocycles. The number of nitro benzene ring substituents is 1. The first-order valence-corrected chi connectivity index (χ1v) is 12.9. The number of morpholine rings is 1. The summed E-state index contributed by atoms with van der Waals surface area (Å²) in [5.41, 5.74) is 1.86. The fraction of sp³-hybridized carbons (Fsp3) is 0.370. The average molecular weight is 517 g/mol. The fourth-order valence-corrected chi connectivity index (χ4v) is 5.65. The first-order valence-electron chi connectivity index (χ1n) is 12.9. The molecule has 0 spiro atoms. The van der Waals surface area contributed by atoms with E-state index in [1.165, 1.54) is 12.1 Å². The second kappa shape index (κ2) is 9.99. The zero-order valence-corrected chi connectivity index (χ0v) is 20.7. The summed E-state index contributed by atoms with van der Waals surface area (Å²) in [4.78, 5) is 37.8. The molecule has 2 aliphatic rings. The molecule has 0 amide bonds. The van der Waals surface area contributed by atoms with Gasteiger partial charge in [0, 0.05) is 53.8 Å². The van der Waals surface area contributed by atoms with Crippen LogP contribution in [0.4, 0.5) is 11.5 Å². The van der Waals surface area contributed by atoms with Crippen molar-refractivity contribution in [3.05, 3.63) is 58.1 Å². The lowest BCUT2D eigenvalue weighted by Crippen LogP contribution is -2.46. The second-order valence-corrected chi connectivity index (χ2v) is 9.92. The van der Waals surface area contributed by atoms with Gasteiger partial charge in [0.1, 0.15) is 11.5 Å². The van der Waals surface area contributed by atoms with E-state index in [2.05, 4.69) is 20.2 Å². The molecule has 11 heteroatoms. The normalized spacial score (nSPS) is 20.5. The molecule has 11 nitrogen and oxygen atoms in total. The predicted octanol–water partition coefficient (Wildman–Crippen LogP) is 4.44.